The van der Waals surface area contributed by atoms with Crippen LogP contribution in [0.2, 0.25) is 0 Å². The van der Waals surface area contributed by atoms with Gasteiger partial charge in [-0.25, -0.2) is 4.79 Å². The number of hydrogen-bond donors (Lipinski definition) is 1. The minimum atomic E-state index is -0.552. The van der Waals surface area contributed by atoms with Crippen LogP contribution < -0.4 is 5.32 Å². The molecule has 0 aliphatic rings. The predicted molar refractivity (Wildman–Crippen MR) is 115 cm³/mol. The Morgan fingerprint density at radius 2 is 1.70 bits per heavy atom. The van der Waals surface area contributed by atoms with Gasteiger partial charge in [0.25, 0.3) is 0 Å². The van der Waals surface area contributed by atoms with Crippen molar-refractivity contribution in [2.24, 2.45) is 0 Å². The Labute approximate surface area is 175 Å². The van der Waals surface area contributed by atoms with Crippen molar-refractivity contribution in [2.75, 3.05) is 13.2 Å². The molecule has 1 amide bonds. The van der Waals surface area contributed by atoms with E-state index in [2.05, 4.69) is 10.3 Å². The van der Waals surface area contributed by atoms with Gasteiger partial charge in [-0.15, -0.1) is 0 Å². The molecule has 2 aromatic carbocycles. The normalized spacial score (nSPS) is 10.6. The molecule has 0 saturated carbocycles. The standard InChI is InChI=1S/C24H24N2O4/c1-15-20-6-4-5-7-21(20)26-16(2)23(15)24(29)30-14-22(28)19-10-8-18(9-11-19)12-13-25-17(3)27/h4-11H,12-14H2,1-3H3,(H,25,27). The minimum Gasteiger partial charge on any atom is -0.454 e. The number of carbonyl (C=O) groups excluding carboxylic acids is 3. The average Bonchev–Trinajstić information content (AvgIpc) is 2.72. The number of ether oxygens (including phenoxy) is 1. The van der Waals surface area contributed by atoms with E-state index in [0.717, 1.165) is 22.0 Å². The number of Topliss-reactive ketones (excluding diaryl/α,β-unsaturated/α-hetero) is 1. The van der Waals surface area contributed by atoms with Crippen LogP contribution in [0.3, 0.4) is 0 Å². The van der Waals surface area contributed by atoms with Gasteiger partial charge in [0.2, 0.25) is 5.91 Å². The second-order valence-corrected chi connectivity index (χ2v) is 7.14. The van der Waals surface area contributed by atoms with Crippen LogP contribution in [-0.4, -0.2) is 35.8 Å². The average molecular weight is 404 g/mol. The quantitative estimate of drug-likeness (QED) is 0.481. The van der Waals surface area contributed by atoms with Crippen LogP contribution >= 0.6 is 0 Å². The van der Waals surface area contributed by atoms with E-state index in [1.165, 1.54) is 6.92 Å². The highest BCUT2D eigenvalue weighted by Crippen LogP contribution is 2.23. The van der Waals surface area contributed by atoms with Crippen molar-refractivity contribution in [2.45, 2.75) is 27.2 Å². The van der Waals surface area contributed by atoms with E-state index < -0.39 is 5.97 Å². The van der Waals surface area contributed by atoms with E-state index >= 15 is 0 Å². The molecule has 1 aromatic heterocycles. The molecule has 6 heteroatoms. The Kier molecular flexibility index (Phi) is 6.57. The Morgan fingerprint density at radius 3 is 2.40 bits per heavy atom. The molecule has 6 nitrogen and oxygen atoms in total. The van der Waals surface area contributed by atoms with Gasteiger partial charge in [-0.2, -0.15) is 0 Å². The van der Waals surface area contributed by atoms with Crippen molar-refractivity contribution >= 4 is 28.6 Å². The number of fused-ring (bicyclic) bond motifs is 1. The number of nitrogens with zero attached hydrogens (tertiary/aromatic N) is 1. The number of nitrogens with one attached hydrogen (secondary N) is 1. The van der Waals surface area contributed by atoms with Crippen LogP contribution in [0.15, 0.2) is 48.5 Å². The van der Waals surface area contributed by atoms with E-state index in [1.54, 1.807) is 19.1 Å². The summed E-state index contributed by atoms with van der Waals surface area (Å²) in [6.45, 7) is 5.29. The second kappa shape index (κ2) is 9.31. The topological polar surface area (TPSA) is 85.4 Å². The first-order valence-electron chi connectivity index (χ1n) is 9.76. The van der Waals surface area contributed by atoms with Crippen LogP contribution in [0.1, 0.15) is 44.5 Å². The van der Waals surface area contributed by atoms with Gasteiger partial charge < -0.3 is 10.1 Å². The van der Waals surface area contributed by atoms with Crippen molar-refractivity contribution < 1.29 is 19.1 Å². The molecule has 0 bridgehead atoms. The lowest BCUT2D eigenvalue weighted by molar-refractivity contribution is -0.118. The monoisotopic (exact) mass is 404 g/mol. The summed E-state index contributed by atoms with van der Waals surface area (Å²) < 4.78 is 5.30. The highest BCUT2D eigenvalue weighted by molar-refractivity contribution is 6.01. The summed E-state index contributed by atoms with van der Waals surface area (Å²) in [5, 5.41) is 3.62. The molecule has 30 heavy (non-hydrogen) atoms. The van der Waals surface area contributed by atoms with Crippen LogP contribution in [0.4, 0.5) is 0 Å². The number of rotatable bonds is 7. The predicted octanol–water partition coefficient (Wildman–Crippen LogP) is 3.57. The van der Waals surface area contributed by atoms with Crippen LogP contribution in [-0.2, 0) is 16.0 Å². The van der Waals surface area contributed by atoms with Crippen molar-refractivity contribution in [3.63, 3.8) is 0 Å². The number of pyridine rings is 1. The largest absolute Gasteiger partial charge is 0.454 e. The Bertz CT molecular complexity index is 1100. The number of carbonyl (C=O) groups is 3. The van der Waals surface area contributed by atoms with Crippen molar-refractivity contribution in [1.29, 1.82) is 0 Å². The Hall–Kier alpha value is -3.54. The van der Waals surface area contributed by atoms with Crippen LogP contribution in [0, 0.1) is 13.8 Å². The third-order valence-electron chi connectivity index (χ3n) is 4.94. The minimum absolute atomic E-state index is 0.0734. The van der Waals surface area contributed by atoms with Gasteiger partial charge in [-0.1, -0.05) is 42.5 Å². The lowest BCUT2D eigenvalue weighted by atomic mass is 10.0. The maximum absolute atomic E-state index is 12.6. The highest BCUT2D eigenvalue weighted by Gasteiger charge is 2.19. The SMILES string of the molecule is CC(=O)NCCc1ccc(C(=O)COC(=O)c2c(C)nc3ccccc3c2C)cc1. The van der Waals surface area contributed by atoms with E-state index in [1.807, 2.05) is 43.3 Å². The van der Waals surface area contributed by atoms with E-state index in [4.69, 9.17) is 4.74 Å². The van der Waals surface area contributed by atoms with Gasteiger partial charge in [-0.3, -0.25) is 14.6 Å². The fourth-order valence-corrected chi connectivity index (χ4v) is 3.36. The molecule has 0 fully saturated rings. The number of para-hydroxylation sites is 1. The zero-order valence-corrected chi connectivity index (χ0v) is 17.3. The molecule has 3 aromatic rings. The lowest BCUT2D eigenvalue weighted by Crippen LogP contribution is -2.22. The summed E-state index contributed by atoms with van der Waals surface area (Å²) in [5.74, 6) is -0.903. The van der Waals surface area contributed by atoms with Gasteiger partial charge in [0.1, 0.15) is 0 Å². The summed E-state index contributed by atoms with van der Waals surface area (Å²) in [7, 11) is 0. The zero-order valence-electron chi connectivity index (χ0n) is 17.3. The number of amides is 1. The van der Waals surface area contributed by atoms with Crippen molar-refractivity contribution in [3.05, 3.63) is 76.5 Å². The van der Waals surface area contributed by atoms with E-state index in [9.17, 15) is 14.4 Å². The maximum Gasteiger partial charge on any atom is 0.340 e. The first-order valence-corrected chi connectivity index (χ1v) is 9.76. The summed E-state index contributed by atoms with van der Waals surface area (Å²) in [5.41, 5.74) is 4.06. The number of hydrogen-bond acceptors (Lipinski definition) is 5. The smallest absolute Gasteiger partial charge is 0.340 e. The zero-order chi connectivity index (χ0) is 21.7. The third kappa shape index (κ3) is 4.89. The molecular weight excluding hydrogens is 380 g/mol. The highest BCUT2D eigenvalue weighted by atomic mass is 16.5. The number of aromatic nitrogens is 1. The summed E-state index contributed by atoms with van der Waals surface area (Å²) in [6.07, 6.45) is 0.677. The van der Waals surface area contributed by atoms with Gasteiger partial charge in [0, 0.05) is 24.4 Å². The molecule has 1 N–H and O–H groups in total. The molecule has 0 radical (unpaired) electrons. The molecule has 154 valence electrons. The summed E-state index contributed by atoms with van der Waals surface area (Å²) in [6, 6.07) is 14.7. The fraction of sp³-hybridized carbons (Fsp3) is 0.250. The van der Waals surface area contributed by atoms with Crippen molar-refractivity contribution in [3.8, 4) is 0 Å². The van der Waals surface area contributed by atoms with E-state index in [-0.39, 0.29) is 18.3 Å². The Balaban J connectivity index is 1.64. The van der Waals surface area contributed by atoms with E-state index in [0.29, 0.717) is 29.8 Å². The van der Waals surface area contributed by atoms with Gasteiger partial charge in [-0.05, 0) is 37.5 Å². The fourth-order valence-electron chi connectivity index (χ4n) is 3.36. The van der Waals surface area contributed by atoms with Gasteiger partial charge in [0.15, 0.2) is 12.4 Å². The molecule has 0 unspecified atom stereocenters. The Morgan fingerprint density at radius 1 is 1.00 bits per heavy atom. The lowest BCUT2D eigenvalue weighted by Gasteiger charge is -2.12. The van der Waals surface area contributed by atoms with Crippen molar-refractivity contribution in [1.82, 2.24) is 10.3 Å². The summed E-state index contributed by atoms with van der Waals surface area (Å²) in [4.78, 5) is 40.5. The molecule has 1 heterocycles. The number of aryl methyl sites for hydroxylation is 2. The maximum atomic E-state index is 12.6. The number of ketones is 1. The molecule has 0 aliphatic heterocycles. The first kappa shape index (κ1) is 21.2. The molecule has 3 rings (SSSR count). The van der Waals surface area contributed by atoms with Gasteiger partial charge >= 0.3 is 5.97 Å². The molecular formula is C24H24N2O4. The van der Waals surface area contributed by atoms with Crippen LogP contribution in [0.5, 0.6) is 0 Å². The molecule has 0 aliphatic carbocycles. The first-order chi connectivity index (χ1) is 14.4. The number of esters is 1. The molecule has 0 spiro atoms. The van der Waals surface area contributed by atoms with Gasteiger partial charge in [0.05, 0.1) is 16.8 Å². The summed E-state index contributed by atoms with van der Waals surface area (Å²) >= 11 is 0. The molecule has 0 atom stereocenters. The van der Waals surface area contributed by atoms with Crippen LogP contribution in [0.25, 0.3) is 10.9 Å². The second-order valence-electron chi connectivity index (χ2n) is 7.14. The molecule has 0 saturated heterocycles. The third-order valence-corrected chi connectivity index (χ3v) is 4.94. The number of benzene rings is 2.